The van der Waals surface area contributed by atoms with Crippen molar-refractivity contribution in [3.05, 3.63) is 40.1 Å². The van der Waals surface area contributed by atoms with Crippen molar-refractivity contribution >= 4 is 38.3 Å². The zero-order valence-corrected chi connectivity index (χ0v) is 16.1. The third-order valence-electron chi connectivity index (χ3n) is 4.80. The van der Waals surface area contributed by atoms with Crippen LogP contribution in [0.25, 0.3) is 21.1 Å². The number of carbonyl (C=O) groups excluding carboxylic acids is 1. The third kappa shape index (κ3) is 3.61. The Morgan fingerprint density at radius 2 is 1.97 bits per heavy atom. The maximum absolute atomic E-state index is 11.7. The molecule has 4 rings (SSSR count). The molecule has 9 nitrogen and oxygen atoms in total. The monoisotopic (exact) mass is 421 g/mol. The van der Waals surface area contributed by atoms with Crippen LogP contribution in [0.5, 0.6) is 5.75 Å². The first-order valence-corrected chi connectivity index (χ1v) is 9.72. The van der Waals surface area contributed by atoms with E-state index in [2.05, 4.69) is 5.32 Å². The van der Waals surface area contributed by atoms with Crippen molar-refractivity contribution in [3.8, 4) is 5.75 Å². The van der Waals surface area contributed by atoms with E-state index in [4.69, 9.17) is 13.9 Å². The molecule has 154 valence electrons. The Hall–Kier alpha value is -2.50. The molecule has 0 spiro atoms. The van der Waals surface area contributed by atoms with Gasteiger partial charge in [0, 0.05) is 23.8 Å². The molecule has 1 saturated heterocycles. The van der Waals surface area contributed by atoms with Gasteiger partial charge in [0.2, 0.25) is 12.2 Å². The summed E-state index contributed by atoms with van der Waals surface area (Å²) < 4.78 is 17.5. The highest BCUT2D eigenvalue weighted by Crippen LogP contribution is 2.36. The van der Waals surface area contributed by atoms with Crippen molar-refractivity contribution in [2.24, 2.45) is 0 Å². The summed E-state index contributed by atoms with van der Waals surface area (Å²) in [6, 6.07) is 7.67. The Morgan fingerprint density at radius 1 is 1.24 bits per heavy atom. The van der Waals surface area contributed by atoms with E-state index in [9.17, 15) is 24.9 Å². The molecular weight excluding hydrogens is 402 g/mol. The Labute approximate surface area is 168 Å². The first-order valence-electron chi connectivity index (χ1n) is 8.90. The molecule has 1 fully saturated rings. The molecule has 0 aliphatic carbocycles. The molecule has 2 aromatic carbocycles. The van der Waals surface area contributed by atoms with Crippen LogP contribution in [0.15, 0.2) is 39.5 Å². The average Bonchev–Trinajstić information content (AvgIpc) is 3.07. The lowest BCUT2D eigenvalue weighted by Crippen LogP contribution is -2.65. The fourth-order valence-corrected chi connectivity index (χ4v) is 4.17. The van der Waals surface area contributed by atoms with Gasteiger partial charge in [-0.25, -0.2) is 4.79 Å². The summed E-state index contributed by atoms with van der Waals surface area (Å²) in [7, 11) is 0. The van der Waals surface area contributed by atoms with Gasteiger partial charge >= 0.3 is 4.94 Å². The summed E-state index contributed by atoms with van der Waals surface area (Å²) in [6.07, 6.45) is -5.12. The summed E-state index contributed by atoms with van der Waals surface area (Å²) in [5.41, 5.74) is 0.439. The van der Waals surface area contributed by atoms with Crippen LogP contribution in [0, 0.1) is 0 Å². The Bertz CT molecular complexity index is 1110. The Kier molecular flexibility index (Phi) is 5.28. The van der Waals surface area contributed by atoms with Crippen molar-refractivity contribution < 1.29 is 34.0 Å². The van der Waals surface area contributed by atoms with Gasteiger partial charge in [-0.15, -0.1) is 0 Å². The predicted molar refractivity (Wildman–Crippen MR) is 104 cm³/mol. The maximum atomic E-state index is 11.7. The fourth-order valence-electron chi connectivity index (χ4n) is 3.46. The van der Waals surface area contributed by atoms with Crippen LogP contribution < -0.4 is 15.0 Å². The number of nitrogens with one attached hydrogen (secondary N) is 1. The number of aliphatic hydroxyl groups is 3. The molecule has 29 heavy (non-hydrogen) atoms. The minimum atomic E-state index is -1.42. The molecule has 3 aromatic rings. The van der Waals surface area contributed by atoms with E-state index in [1.807, 2.05) is 0 Å². The van der Waals surface area contributed by atoms with Crippen LogP contribution in [-0.2, 0) is 9.53 Å². The normalized spacial score (nSPS) is 27.2. The summed E-state index contributed by atoms with van der Waals surface area (Å²) in [5.74, 6) is -0.111. The van der Waals surface area contributed by atoms with E-state index in [1.165, 1.54) is 6.92 Å². The fraction of sp³-hybridized carbons (Fsp3) is 0.368. The lowest BCUT2D eigenvalue weighted by Gasteiger charge is -2.42. The summed E-state index contributed by atoms with van der Waals surface area (Å²) in [4.78, 5) is 22.9. The van der Waals surface area contributed by atoms with E-state index >= 15 is 0 Å². The van der Waals surface area contributed by atoms with Gasteiger partial charge < -0.3 is 34.5 Å². The zero-order valence-electron chi connectivity index (χ0n) is 15.3. The van der Waals surface area contributed by atoms with Crippen LogP contribution in [-0.4, -0.2) is 58.5 Å². The van der Waals surface area contributed by atoms with E-state index in [-0.39, 0.29) is 0 Å². The number of ether oxygens (including phenoxy) is 2. The van der Waals surface area contributed by atoms with Gasteiger partial charge in [0.05, 0.1) is 11.3 Å². The van der Waals surface area contributed by atoms with Crippen molar-refractivity contribution in [1.29, 1.82) is 0 Å². The highest BCUT2D eigenvalue weighted by Gasteiger charge is 2.46. The van der Waals surface area contributed by atoms with Crippen LogP contribution in [0.1, 0.15) is 6.92 Å². The number of benzene rings is 2. The molecule has 0 saturated carbocycles. The van der Waals surface area contributed by atoms with E-state index < -0.39 is 48.1 Å². The quantitative estimate of drug-likeness (QED) is 0.473. The zero-order chi connectivity index (χ0) is 20.7. The largest absolute Gasteiger partial charge is 0.462 e. The van der Waals surface area contributed by atoms with Crippen LogP contribution in [0.4, 0.5) is 0 Å². The van der Waals surface area contributed by atoms with Gasteiger partial charge in [-0.1, -0.05) is 35.6 Å². The van der Waals surface area contributed by atoms with Crippen LogP contribution >= 0.6 is 11.3 Å². The second-order valence-corrected chi connectivity index (χ2v) is 7.73. The van der Waals surface area contributed by atoms with Crippen LogP contribution in [0.3, 0.4) is 0 Å². The third-order valence-corrected chi connectivity index (χ3v) is 5.57. The number of amides is 1. The highest BCUT2D eigenvalue weighted by molar-refractivity contribution is 7.16. The highest BCUT2D eigenvalue weighted by atomic mass is 32.1. The lowest BCUT2D eigenvalue weighted by molar-refractivity contribution is -0.244. The molecule has 1 amide bonds. The molecule has 0 radical (unpaired) electrons. The number of rotatable bonds is 4. The van der Waals surface area contributed by atoms with Crippen molar-refractivity contribution in [3.63, 3.8) is 0 Å². The minimum Gasteiger partial charge on any atom is -0.462 e. The molecule has 10 heteroatoms. The van der Waals surface area contributed by atoms with E-state index in [1.54, 1.807) is 30.3 Å². The van der Waals surface area contributed by atoms with E-state index in [0.717, 1.165) is 11.3 Å². The SMILES string of the molecule is CC(=O)N[C@@H]1[C@H](Oc2cc3sc(=O)oc3c3ccccc23)O[C@H](CO)[C@H](O)[C@@H]1O. The molecule has 1 aromatic heterocycles. The van der Waals surface area contributed by atoms with Gasteiger partial charge in [0.15, 0.2) is 5.58 Å². The molecule has 1 aliphatic rings. The summed E-state index contributed by atoms with van der Waals surface area (Å²) in [6.45, 7) is 0.715. The van der Waals surface area contributed by atoms with Gasteiger partial charge in [-0.05, 0) is 0 Å². The lowest BCUT2D eigenvalue weighted by atomic mass is 9.97. The number of hydrogen-bond donors (Lipinski definition) is 4. The predicted octanol–water partition coefficient (Wildman–Crippen LogP) is 0.330. The van der Waals surface area contributed by atoms with Gasteiger partial charge in [0.1, 0.15) is 30.1 Å². The molecule has 4 N–H and O–H groups in total. The average molecular weight is 421 g/mol. The second kappa shape index (κ2) is 7.73. The molecule has 1 aliphatic heterocycles. The molecule has 0 bridgehead atoms. The number of carbonyl (C=O) groups is 1. The smallest absolute Gasteiger partial charge is 0.396 e. The molecule has 2 heterocycles. The summed E-state index contributed by atoms with van der Waals surface area (Å²) >= 11 is 0.918. The van der Waals surface area contributed by atoms with Gasteiger partial charge in [0.25, 0.3) is 0 Å². The van der Waals surface area contributed by atoms with Gasteiger partial charge in [-0.2, -0.15) is 0 Å². The second-order valence-electron chi connectivity index (χ2n) is 6.75. The molecule has 5 atom stereocenters. The molecular formula is C19H19NO8S. The minimum absolute atomic E-state index is 0.339. The first-order chi connectivity index (χ1) is 13.9. The van der Waals surface area contributed by atoms with Crippen molar-refractivity contribution in [2.75, 3.05) is 6.61 Å². The number of aliphatic hydroxyl groups excluding tert-OH is 3. The van der Waals surface area contributed by atoms with E-state index in [0.29, 0.717) is 26.8 Å². The number of hydrogen-bond acceptors (Lipinski definition) is 9. The first kappa shape index (κ1) is 19.8. The Morgan fingerprint density at radius 3 is 2.66 bits per heavy atom. The standard InChI is InChI=1S/C19H19NO8S/c1-8(22)20-14-16(24)15(23)12(7-21)27-18(14)26-11-6-13-17(28-19(25)29-13)10-5-3-2-4-9(10)11/h2-6,12,14-16,18,21,23-24H,7H2,1H3,(H,20,22)/t12-,14+,15+,16-,18-/m1/s1. The maximum Gasteiger partial charge on any atom is 0.396 e. The molecule has 0 unspecified atom stereocenters. The topological polar surface area (TPSA) is 138 Å². The van der Waals surface area contributed by atoms with Crippen molar-refractivity contribution in [1.82, 2.24) is 5.32 Å². The number of fused-ring (bicyclic) bond motifs is 3. The van der Waals surface area contributed by atoms with Crippen molar-refractivity contribution in [2.45, 2.75) is 37.6 Å². The van der Waals surface area contributed by atoms with Gasteiger partial charge in [-0.3, -0.25) is 4.79 Å². The Balaban J connectivity index is 1.78. The summed E-state index contributed by atoms with van der Waals surface area (Å²) in [5, 5.41) is 33.8. The van der Waals surface area contributed by atoms with Crippen LogP contribution in [0.2, 0.25) is 0 Å².